The van der Waals surface area contributed by atoms with E-state index in [-0.39, 0.29) is 0 Å². The van der Waals surface area contributed by atoms with Crippen molar-refractivity contribution in [3.8, 4) is 0 Å². The Labute approximate surface area is 108 Å². The Bertz CT molecular complexity index is 537. The summed E-state index contributed by atoms with van der Waals surface area (Å²) in [5.41, 5.74) is 3.44. The smallest absolute Gasteiger partial charge is 0.129 e. The maximum atomic E-state index is 5.23. The number of fused-ring (bicyclic) bond motifs is 1. The second-order valence-electron chi connectivity index (χ2n) is 4.42. The molecule has 0 spiro atoms. The van der Waals surface area contributed by atoms with Gasteiger partial charge in [-0.2, -0.15) is 0 Å². The molecule has 3 nitrogen and oxygen atoms in total. The standard InChI is InChI=1S/C15H20N2O/c1-4-6-12-9-11-7-5-8-13(10-18-3)14(11)17-15(12)16-2/h5,7-9H,4,6,10H2,1-3H3,(H,16,17). The molecular formula is C15H20N2O. The fourth-order valence-electron chi connectivity index (χ4n) is 2.25. The first kappa shape index (κ1) is 12.8. The lowest BCUT2D eigenvalue weighted by atomic mass is 10.1. The largest absolute Gasteiger partial charge is 0.380 e. The zero-order valence-corrected chi connectivity index (χ0v) is 11.3. The first-order valence-electron chi connectivity index (χ1n) is 6.38. The van der Waals surface area contributed by atoms with Crippen LogP contribution in [0.2, 0.25) is 0 Å². The zero-order valence-electron chi connectivity index (χ0n) is 11.3. The van der Waals surface area contributed by atoms with Crippen LogP contribution in [0.3, 0.4) is 0 Å². The van der Waals surface area contributed by atoms with E-state index in [1.807, 2.05) is 7.05 Å². The van der Waals surface area contributed by atoms with Crippen LogP contribution in [-0.2, 0) is 17.8 Å². The molecule has 0 amide bonds. The lowest BCUT2D eigenvalue weighted by molar-refractivity contribution is 0.186. The molecule has 0 aliphatic carbocycles. The molecule has 0 fully saturated rings. The molecule has 1 N–H and O–H groups in total. The molecule has 0 saturated heterocycles. The van der Waals surface area contributed by atoms with E-state index < -0.39 is 0 Å². The van der Waals surface area contributed by atoms with Crippen LogP contribution >= 0.6 is 0 Å². The Kier molecular flexibility index (Phi) is 4.15. The maximum absolute atomic E-state index is 5.23. The number of anilines is 1. The number of nitrogens with zero attached hydrogens (tertiary/aromatic N) is 1. The van der Waals surface area contributed by atoms with E-state index in [9.17, 15) is 0 Å². The van der Waals surface area contributed by atoms with Crippen LogP contribution in [-0.4, -0.2) is 19.1 Å². The molecule has 0 aliphatic rings. The Morgan fingerprint density at radius 3 is 2.78 bits per heavy atom. The maximum Gasteiger partial charge on any atom is 0.129 e. The van der Waals surface area contributed by atoms with Gasteiger partial charge in [0.05, 0.1) is 12.1 Å². The topological polar surface area (TPSA) is 34.1 Å². The molecule has 3 heteroatoms. The summed E-state index contributed by atoms with van der Waals surface area (Å²) in [6.45, 7) is 2.78. The zero-order chi connectivity index (χ0) is 13.0. The van der Waals surface area contributed by atoms with E-state index in [0.29, 0.717) is 6.61 Å². The van der Waals surface area contributed by atoms with Gasteiger partial charge < -0.3 is 10.1 Å². The van der Waals surface area contributed by atoms with Crippen LogP contribution in [0.5, 0.6) is 0 Å². The molecule has 0 bridgehead atoms. The fourth-order valence-corrected chi connectivity index (χ4v) is 2.25. The molecule has 0 radical (unpaired) electrons. The van der Waals surface area contributed by atoms with Gasteiger partial charge in [0.15, 0.2) is 0 Å². The summed E-state index contributed by atoms with van der Waals surface area (Å²) in [6, 6.07) is 8.47. The highest BCUT2D eigenvalue weighted by Crippen LogP contribution is 2.24. The highest BCUT2D eigenvalue weighted by atomic mass is 16.5. The highest BCUT2D eigenvalue weighted by Gasteiger charge is 2.08. The third kappa shape index (κ3) is 2.46. The Morgan fingerprint density at radius 2 is 2.11 bits per heavy atom. The van der Waals surface area contributed by atoms with Crippen LogP contribution in [0.15, 0.2) is 24.3 Å². The minimum absolute atomic E-state index is 0.598. The summed E-state index contributed by atoms with van der Waals surface area (Å²) in [4.78, 5) is 4.74. The van der Waals surface area contributed by atoms with Gasteiger partial charge in [0, 0.05) is 25.1 Å². The molecule has 18 heavy (non-hydrogen) atoms. The fraction of sp³-hybridized carbons (Fsp3) is 0.400. The summed E-state index contributed by atoms with van der Waals surface area (Å²) in [5, 5.41) is 4.38. The molecule has 2 rings (SSSR count). The lowest BCUT2D eigenvalue weighted by Gasteiger charge is -2.11. The SMILES string of the molecule is CCCc1cc2cccc(COC)c2nc1NC. The molecule has 96 valence electrons. The van der Waals surface area contributed by atoms with Crippen LogP contribution in [0.1, 0.15) is 24.5 Å². The van der Waals surface area contributed by atoms with Gasteiger partial charge in [-0.15, -0.1) is 0 Å². The van der Waals surface area contributed by atoms with E-state index in [4.69, 9.17) is 9.72 Å². The first-order valence-corrected chi connectivity index (χ1v) is 6.38. The molecule has 2 aromatic rings. The molecule has 0 unspecified atom stereocenters. The van der Waals surface area contributed by atoms with Crippen molar-refractivity contribution in [2.24, 2.45) is 0 Å². The lowest BCUT2D eigenvalue weighted by Crippen LogP contribution is -2.01. The number of ether oxygens (including phenoxy) is 1. The van der Waals surface area contributed by atoms with Crippen LogP contribution in [0, 0.1) is 0 Å². The van der Waals surface area contributed by atoms with Crippen LogP contribution < -0.4 is 5.32 Å². The van der Waals surface area contributed by atoms with Gasteiger partial charge in [-0.25, -0.2) is 4.98 Å². The van der Waals surface area contributed by atoms with Crippen molar-refractivity contribution in [2.45, 2.75) is 26.4 Å². The Morgan fingerprint density at radius 1 is 1.28 bits per heavy atom. The number of rotatable bonds is 5. The van der Waals surface area contributed by atoms with Crippen LogP contribution in [0.4, 0.5) is 5.82 Å². The van der Waals surface area contributed by atoms with Crippen molar-refractivity contribution in [2.75, 3.05) is 19.5 Å². The third-order valence-electron chi connectivity index (χ3n) is 3.06. The van der Waals surface area contributed by atoms with Gasteiger partial charge in [-0.1, -0.05) is 31.5 Å². The number of methoxy groups -OCH3 is 1. The summed E-state index contributed by atoms with van der Waals surface area (Å²) in [7, 11) is 3.63. The van der Waals surface area contributed by atoms with Gasteiger partial charge in [0.2, 0.25) is 0 Å². The first-order chi connectivity index (χ1) is 8.80. The molecule has 0 saturated carbocycles. The highest BCUT2D eigenvalue weighted by molar-refractivity contribution is 5.84. The van der Waals surface area contributed by atoms with Crippen molar-refractivity contribution in [3.05, 3.63) is 35.4 Å². The van der Waals surface area contributed by atoms with Crippen molar-refractivity contribution in [3.63, 3.8) is 0 Å². The predicted molar refractivity (Wildman–Crippen MR) is 76.0 cm³/mol. The molecule has 1 heterocycles. The predicted octanol–water partition coefficient (Wildman–Crippen LogP) is 3.38. The number of benzene rings is 1. The van der Waals surface area contributed by atoms with Gasteiger partial charge in [-0.05, 0) is 18.1 Å². The van der Waals surface area contributed by atoms with Crippen molar-refractivity contribution < 1.29 is 4.74 Å². The van der Waals surface area contributed by atoms with Gasteiger partial charge in [0.1, 0.15) is 5.82 Å². The van der Waals surface area contributed by atoms with E-state index in [2.05, 4.69) is 36.5 Å². The number of para-hydroxylation sites is 1. The number of pyridine rings is 1. The number of hydrogen-bond acceptors (Lipinski definition) is 3. The minimum Gasteiger partial charge on any atom is -0.380 e. The van der Waals surface area contributed by atoms with Crippen molar-refractivity contribution in [1.29, 1.82) is 0 Å². The van der Waals surface area contributed by atoms with Crippen molar-refractivity contribution >= 4 is 16.7 Å². The van der Waals surface area contributed by atoms with Gasteiger partial charge >= 0.3 is 0 Å². The number of hydrogen-bond donors (Lipinski definition) is 1. The summed E-state index contributed by atoms with van der Waals surface area (Å²) >= 11 is 0. The van der Waals surface area contributed by atoms with Gasteiger partial charge in [-0.3, -0.25) is 0 Å². The van der Waals surface area contributed by atoms with E-state index in [1.165, 1.54) is 10.9 Å². The number of aryl methyl sites for hydroxylation is 1. The summed E-state index contributed by atoms with van der Waals surface area (Å²) in [6.07, 6.45) is 2.17. The van der Waals surface area contributed by atoms with E-state index in [0.717, 1.165) is 29.7 Å². The third-order valence-corrected chi connectivity index (χ3v) is 3.06. The monoisotopic (exact) mass is 244 g/mol. The quantitative estimate of drug-likeness (QED) is 0.875. The average Bonchev–Trinajstić information content (AvgIpc) is 2.39. The van der Waals surface area contributed by atoms with E-state index in [1.54, 1.807) is 7.11 Å². The molecule has 0 aliphatic heterocycles. The number of nitrogens with one attached hydrogen (secondary N) is 1. The van der Waals surface area contributed by atoms with Gasteiger partial charge in [0.25, 0.3) is 0 Å². The second-order valence-corrected chi connectivity index (χ2v) is 4.42. The second kappa shape index (κ2) is 5.83. The molecular weight excluding hydrogens is 224 g/mol. The minimum atomic E-state index is 0.598. The average molecular weight is 244 g/mol. The normalized spacial score (nSPS) is 10.8. The summed E-state index contributed by atoms with van der Waals surface area (Å²) in [5.74, 6) is 0.980. The Hall–Kier alpha value is -1.61. The van der Waals surface area contributed by atoms with E-state index >= 15 is 0 Å². The molecule has 1 aromatic carbocycles. The van der Waals surface area contributed by atoms with Crippen molar-refractivity contribution in [1.82, 2.24) is 4.98 Å². The Balaban J connectivity index is 2.58. The molecule has 0 atom stereocenters. The molecule has 1 aromatic heterocycles. The van der Waals surface area contributed by atoms with Crippen LogP contribution in [0.25, 0.3) is 10.9 Å². The number of aromatic nitrogens is 1. The summed E-state index contributed by atoms with van der Waals surface area (Å²) < 4.78 is 5.23.